The van der Waals surface area contributed by atoms with Crippen molar-refractivity contribution in [2.75, 3.05) is 20.2 Å². The zero-order chi connectivity index (χ0) is 15.4. The summed E-state index contributed by atoms with van der Waals surface area (Å²) in [7, 11) is 1.80. The molecule has 0 N–H and O–H groups in total. The number of rotatable bonds is 5. The van der Waals surface area contributed by atoms with Crippen LogP contribution in [0.5, 0.6) is 5.75 Å². The summed E-state index contributed by atoms with van der Waals surface area (Å²) in [6, 6.07) is 8.04. The second-order valence-electron chi connectivity index (χ2n) is 5.04. The zero-order valence-electron chi connectivity index (χ0n) is 12.4. The number of amides is 1. The van der Waals surface area contributed by atoms with Gasteiger partial charge in [-0.3, -0.25) is 4.79 Å². The maximum absolute atomic E-state index is 12.2. The number of thiophene rings is 1. The molecule has 0 aliphatic rings. The number of carbonyl (C=O) groups excluding carboxylic acids is 1. The largest absolute Gasteiger partial charge is 0.492 e. The molecule has 1 aromatic heterocycles. The lowest BCUT2D eigenvalue weighted by Gasteiger charge is -2.17. The molecule has 0 fully saturated rings. The van der Waals surface area contributed by atoms with Crippen molar-refractivity contribution in [2.45, 2.75) is 13.8 Å². The van der Waals surface area contributed by atoms with Crippen molar-refractivity contribution in [1.82, 2.24) is 4.90 Å². The Morgan fingerprint density at radius 3 is 2.48 bits per heavy atom. The third-order valence-corrected chi connectivity index (χ3v) is 4.84. The normalized spacial score (nSPS) is 10.5. The quantitative estimate of drug-likeness (QED) is 0.688. The Bertz CT molecular complexity index is 619. The lowest BCUT2D eigenvalue weighted by Crippen LogP contribution is -2.30. The number of carbonyl (C=O) groups is 1. The van der Waals surface area contributed by atoms with Crippen molar-refractivity contribution in [3.63, 3.8) is 0 Å². The van der Waals surface area contributed by atoms with Crippen molar-refractivity contribution in [3.8, 4) is 5.75 Å². The Balaban J connectivity index is 1.86. The van der Waals surface area contributed by atoms with E-state index in [1.165, 1.54) is 11.1 Å². The highest BCUT2D eigenvalue weighted by Crippen LogP contribution is 2.18. The second kappa shape index (κ2) is 7.26. The maximum Gasteiger partial charge on any atom is 0.254 e. The monoisotopic (exact) mass is 415 g/mol. The average Bonchev–Trinajstić information content (AvgIpc) is 2.83. The highest BCUT2D eigenvalue weighted by molar-refractivity contribution is 14.1. The standard InChI is InChI=1S/C16H18INO2S/c1-11-6-12(2)8-14(7-11)20-5-4-18(3)16(19)13-9-15(17)21-10-13/h6-10H,4-5H2,1-3H3. The molecule has 112 valence electrons. The van der Waals surface area contributed by atoms with Crippen LogP contribution in [0.3, 0.4) is 0 Å². The van der Waals surface area contributed by atoms with Crippen LogP contribution in [0, 0.1) is 16.7 Å². The van der Waals surface area contributed by atoms with Crippen LogP contribution in [0.2, 0.25) is 0 Å². The molecule has 21 heavy (non-hydrogen) atoms. The number of hydrogen-bond acceptors (Lipinski definition) is 3. The molecule has 0 atom stereocenters. The Labute approximate surface area is 143 Å². The molecular formula is C16H18INO2S. The van der Waals surface area contributed by atoms with E-state index in [1.54, 1.807) is 23.3 Å². The first-order valence-corrected chi connectivity index (χ1v) is 8.62. The molecule has 0 aliphatic carbocycles. The molecule has 0 saturated heterocycles. The summed E-state index contributed by atoms with van der Waals surface area (Å²) in [6.07, 6.45) is 0. The van der Waals surface area contributed by atoms with Crippen molar-refractivity contribution in [3.05, 3.63) is 49.2 Å². The highest BCUT2D eigenvalue weighted by Gasteiger charge is 2.13. The van der Waals surface area contributed by atoms with Gasteiger partial charge in [-0.15, -0.1) is 11.3 Å². The van der Waals surface area contributed by atoms with Gasteiger partial charge in [0.15, 0.2) is 0 Å². The molecule has 0 radical (unpaired) electrons. The van der Waals surface area contributed by atoms with Gasteiger partial charge in [0.25, 0.3) is 5.91 Å². The first kappa shape index (κ1) is 16.3. The number of aryl methyl sites for hydroxylation is 2. The summed E-state index contributed by atoms with van der Waals surface area (Å²) >= 11 is 3.80. The molecule has 1 aromatic carbocycles. The number of hydrogen-bond donors (Lipinski definition) is 0. The van der Waals surface area contributed by atoms with E-state index in [1.807, 2.05) is 37.4 Å². The Morgan fingerprint density at radius 2 is 1.90 bits per heavy atom. The van der Waals surface area contributed by atoms with Crippen LogP contribution >= 0.6 is 33.9 Å². The van der Waals surface area contributed by atoms with Gasteiger partial charge in [-0.25, -0.2) is 0 Å². The van der Waals surface area contributed by atoms with Crippen molar-refractivity contribution >= 4 is 39.8 Å². The fraction of sp³-hybridized carbons (Fsp3) is 0.312. The third kappa shape index (κ3) is 4.71. The van der Waals surface area contributed by atoms with E-state index < -0.39 is 0 Å². The van der Waals surface area contributed by atoms with Gasteiger partial charge in [0.1, 0.15) is 12.4 Å². The number of benzene rings is 1. The molecule has 0 aliphatic heterocycles. The SMILES string of the molecule is Cc1cc(C)cc(OCCN(C)C(=O)c2csc(I)c2)c1. The lowest BCUT2D eigenvalue weighted by molar-refractivity contribution is 0.0774. The topological polar surface area (TPSA) is 29.5 Å². The van der Waals surface area contributed by atoms with Gasteiger partial charge in [0, 0.05) is 12.4 Å². The van der Waals surface area contributed by atoms with Crippen LogP contribution in [-0.2, 0) is 0 Å². The van der Waals surface area contributed by atoms with Crippen LogP contribution in [0.1, 0.15) is 21.5 Å². The minimum atomic E-state index is 0.0400. The van der Waals surface area contributed by atoms with E-state index >= 15 is 0 Å². The summed E-state index contributed by atoms with van der Waals surface area (Å²) < 4.78 is 6.86. The van der Waals surface area contributed by atoms with Crippen molar-refractivity contribution < 1.29 is 9.53 Å². The van der Waals surface area contributed by atoms with Gasteiger partial charge in [-0.2, -0.15) is 0 Å². The Kier molecular flexibility index (Phi) is 5.64. The predicted octanol–water partition coefficient (Wildman–Crippen LogP) is 4.12. The first-order chi connectivity index (χ1) is 9.95. The number of nitrogens with zero attached hydrogens (tertiary/aromatic N) is 1. The highest BCUT2D eigenvalue weighted by atomic mass is 127. The van der Waals surface area contributed by atoms with Crippen LogP contribution in [0.15, 0.2) is 29.6 Å². The van der Waals surface area contributed by atoms with Gasteiger partial charge >= 0.3 is 0 Å². The minimum absolute atomic E-state index is 0.0400. The maximum atomic E-state index is 12.2. The van der Waals surface area contributed by atoms with E-state index in [9.17, 15) is 4.79 Å². The van der Waals surface area contributed by atoms with Gasteiger partial charge in [-0.1, -0.05) is 6.07 Å². The number of halogens is 1. The summed E-state index contributed by atoms with van der Waals surface area (Å²) in [4.78, 5) is 13.9. The summed E-state index contributed by atoms with van der Waals surface area (Å²) in [5, 5.41) is 1.89. The Hall–Kier alpha value is -1.08. The van der Waals surface area contributed by atoms with Gasteiger partial charge in [0.2, 0.25) is 0 Å². The predicted molar refractivity (Wildman–Crippen MR) is 95.4 cm³/mol. The van der Waals surface area contributed by atoms with E-state index in [0.29, 0.717) is 13.2 Å². The smallest absolute Gasteiger partial charge is 0.254 e. The molecule has 0 unspecified atom stereocenters. The molecule has 0 saturated carbocycles. The van der Waals surface area contributed by atoms with Crippen LogP contribution in [0.25, 0.3) is 0 Å². The summed E-state index contributed by atoms with van der Waals surface area (Å²) in [5.74, 6) is 0.900. The van der Waals surface area contributed by atoms with Crippen LogP contribution in [0.4, 0.5) is 0 Å². The molecule has 2 aromatic rings. The number of ether oxygens (including phenoxy) is 1. The number of likely N-dealkylation sites (N-methyl/N-ethyl adjacent to an activating group) is 1. The second-order valence-corrected chi connectivity index (χ2v) is 7.84. The molecule has 3 nitrogen and oxygen atoms in total. The van der Waals surface area contributed by atoms with Crippen molar-refractivity contribution in [2.24, 2.45) is 0 Å². The lowest BCUT2D eigenvalue weighted by atomic mass is 10.1. The van der Waals surface area contributed by atoms with Gasteiger partial charge < -0.3 is 9.64 Å². The van der Waals surface area contributed by atoms with Crippen molar-refractivity contribution in [1.29, 1.82) is 0 Å². The third-order valence-electron chi connectivity index (χ3n) is 3.05. The molecule has 2 rings (SSSR count). The van der Waals surface area contributed by atoms with Gasteiger partial charge in [-0.05, 0) is 65.8 Å². The fourth-order valence-electron chi connectivity index (χ4n) is 2.06. The first-order valence-electron chi connectivity index (χ1n) is 6.66. The molecule has 1 heterocycles. The van der Waals surface area contributed by atoms with Gasteiger partial charge in [0.05, 0.1) is 15.0 Å². The molecular weight excluding hydrogens is 397 g/mol. The van der Waals surface area contributed by atoms with E-state index in [4.69, 9.17) is 4.74 Å². The molecule has 0 spiro atoms. The van der Waals surface area contributed by atoms with E-state index in [0.717, 1.165) is 14.2 Å². The minimum Gasteiger partial charge on any atom is -0.492 e. The molecule has 5 heteroatoms. The van der Waals surface area contributed by atoms with Crippen LogP contribution < -0.4 is 4.74 Å². The Morgan fingerprint density at radius 1 is 1.24 bits per heavy atom. The molecule has 1 amide bonds. The van der Waals surface area contributed by atoms with E-state index in [2.05, 4.69) is 28.7 Å². The summed E-state index contributed by atoms with van der Waals surface area (Å²) in [5.41, 5.74) is 3.11. The average molecular weight is 415 g/mol. The fourth-order valence-corrected chi connectivity index (χ4v) is 3.38. The molecule has 0 bridgehead atoms. The summed E-state index contributed by atoms with van der Waals surface area (Å²) in [6.45, 7) is 5.16. The van der Waals surface area contributed by atoms with E-state index in [-0.39, 0.29) is 5.91 Å². The van der Waals surface area contributed by atoms with Crippen LogP contribution in [-0.4, -0.2) is 31.0 Å². The zero-order valence-corrected chi connectivity index (χ0v) is 15.3.